The zero-order valence-corrected chi connectivity index (χ0v) is 11.8. The largest absolute Gasteiger partial charge is 0.491 e. The summed E-state index contributed by atoms with van der Waals surface area (Å²) in [5.41, 5.74) is 0. The molecule has 2 aromatic rings. The molecule has 22 heavy (non-hydrogen) atoms. The Labute approximate surface area is 126 Å². The minimum atomic E-state index is -0.998. The number of benzene rings is 1. The van der Waals surface area contributed by atoms with Gasteiger partial charge in [0.25, 0.3) is 0 Å². The van der Waals surface area contributed by atoms with Gasteiger partial charge in [-0.2, -0.15) is 0 Å². The highest BCUT2D eigenvalue weighted by Gasteiger charge is 2.08. The SMILES string of the molecule is OCc1ccc(CNCC(O)COc2ccc(F)c(F)c2)o1. The van der Waals surface area contributed by atoms with Crippen LogP contribution in [-0.4, -0.2) is 29.5 Å². The van der Waals surface area contributed by atoms with Gasteiger partial charge in [0.2, 0.25) is 0 Å². The Hall–Kier alpha value is -1.96. The topological polar surface area (TPSA) is 74.9 Å². The van der Waals surface area contributed by atoms with Crippen molar-refractivity contribution in [1.29, 1.82) is 0 Å². The molecule has 3 N–H and O–H groups in total. The summed E-state index contributed by atoms with van der Waals surface area (Å²) >= 11 is 0. The minimum Gasteiger partial charge on any atom is -0.491 e. The van der Waals surface area contributed by atoms with Crippen molar-refractivity contribution in [1.82, 2.24) is 5.32 Å². The average Bonchev–Trinajstić information content (AvgIpc) is 2.96. The van der Waals surface area contributed by atoms with Gasteiger partial charge in [0.1, 0.15) is 36.6 Å². The molecule has 0 bridgehead atoms. The van der Waals surface area contributed by atoms with Gasteiger partial charge in [-0.1, -0.05) is 0 Å². The van der Waals surface area contributed by atoms with Gasteiger partial charge in [0, 0.05) is 12.6 Å². The highest BCUT2D eigenvalue weighted by atomic mass is 19.2. The number of rotatable bonds is 8. The standard InChI is InChI=1S/C15H17F2NO4/c16-14-4-3-11(5-15(14)17)21-9-10(20)6-18-7-12-1-2-13(8-19)22-12/h1-5,10,18-20H,6-9H2. The van der Waals surface area contributed by atoms with Crippen LogP contribution in [0.15, 0.2) is 34.7 Å². The molecule has 5 nitrogen and oxygen atoms in total. The van der Waals surface area contributed by atoms with E-state index in [9.17, 15) is 13.9 Å². The summed E-state index contributed by atoms with van der Waals surface area (Å²) < 4.78 is 36.1. The lowest BCUT2D eigenvalue weighted by atomic mass is 10.3. The molecule has 1 aromatic heterocycles. The lowest BCUT2D eigenvalue weighted by Crippen LogP contribution is -2.31. The fraction of sp³-hybridized carbons (Fsp3) is 0.333. The normalized spacial score (nSPS) is 12.4. The van der Waals surface area contributed by atoms with Crippen LogP contribution in [0, 0.1) is 11.6 Å². The van der Waals surface area contributed by atoms with Crippen LogP contribution in [-0.2, 0) is 13.2 Å². The molecular formula is C15H17F2NO4. The average molecular weight is 313 g/mol. The number of furan rings is 1. The number of ether oxygens (including phenoxy) is 1. The molecular weight excluding hydrogens is 296 g/mol. The molecule has 0 spiro atoms. The van der Waals surface area contributed by atoms with Gasteiger partial charge in [-0.05, 0) is 24.3 Å². The molecule has 1 heterocycles. The minimum absolute atomic E-state index is 0.0574. The van der Waals surface area contributed by atoms with E-state index in [1.807, 2.05) is 0 Å². The summed E-state index contributed by atoms with van der Waals surface area (Å²) in [6, 6.07) is 6.57. The molecule has 0 saturated heterocycles. The number of nitrogens with one attached hydrogen (secondary N) is 1. The number of aliphatic hydroxyl groups excluding tert-OH is 2. The monoisotopic (exact) mass is 313 g/mol. The molecule has 0 fully saturated rings. The summed E-state index contributed by atoms with van der Waals surface area (Å²) in [7, 11) is 0. The van der Waals surface area contributed by atoms with E-state index in [4.69, 9.17) is 14.3 Å². The lowest BCUT2D eigenvalue weighted by Gasteiger charge is -2.13. The molecule has 120 valence electrons. The summed E-state index contributed by atoms with van der Waals surface area (Å²) in [5, 5.41) is 21.6. The van der Waals surface area contributed by atoms with E-state index in [1.165, 1.54) is 6.07 Å². The predicted octanol–water partition coefficient (Wildman–Crippen LogP) is 1.58. The maximum absolute atomic E-state index is 13.0. The van der Waals surface area contributed by atoms with Crippen LogP contribution in [0.4, 0.5) is 8.78 Å². The van der Waals surface area contributed by atoms with E-state index < -0.39 is 17.7 Å². The quantitative estimate of drug-likeness (QED) is 0.690. The summed E-state index contributed by atoms with van der Waals surface area (Å²) in [4.78, 5) is 0. The summed E-state index contributed by atoms with van der Waals surface area (Å²) in [5.74, 6) is -0.689. The molecule has 0 saturated carbocycles. The molecule has 0 aliphatic rings. The van der Waals surface area contributed by atoms with Crippen molar-refractivity contribution in [3.8, 4) is 5.75 Å². The van der Waals surface area contributed by atoms with Gasteiger partial charge < -0.3 is 24.7 Å². The molecule has 1 unspecified atom stereocenters. The Kier molecular flexibility index (Phi) is 5.88. The number of hydrogen-bond acceptors (Lipinski definition) is 5. The highest BCUT2D eigenvalue weighted by Crippen LogP contribution is 2.15. The highest BCUT2D eigenvalue weighted by molar-refractivity contribution is 5.23. The van der Waals surface area contributed by atoms with Crippen molar-refractivity contribution in [3.05, 3.63) is 53.5 Å². The van der Waals surface area contributed by atoms with E-state index in [0.717, 1.165) is 12.1 Å². The molecule has 0 radical (unpaired) electrons. The van der Waals surface area contributed by atoms with Crippen molar-refractivity contribution in [3.63, 3.8) is 0 Å². The molecule has 0 aliphatic carbocycles. The van der Waals surface area contributed by atoms with Crippen molar-refractivity contribution in [2.75, 3.05) is 13.2 Å². The van der Waals surface area contributed by atoms with Crippen molar-refractivity contribution < 1.29 is 28.1 Å². The third-order valence-corrected chi connectivity index (χ3v) is 2.89. The maximum Gasteiger partial charge on any atom is 0.162 e. The fourth-order valence-corrected chi connectivity index (χ4v) is 1.78. The molecule has 0 amide bonds. The van der Waals surface area contributed by atoms with Gasteiger partial charge in [-0.25, -0.2) is 8.78 Å². The first kappa shape index (κ1) is 16.4. The van der Waals surface area contributed by atoms with Crippen molar-refractivity contribution >= 4 is 0 Å². The Morgan fingerprint density at radius 3 is 2.59 bits per heavy atom. The Morgan fingerprint density at radius 1 is 1.14 bits per heavy atom. The summed E-state index contributed by atoms with van der Waals surface area (Å²) in [6.45, 7) is 0.407. The maximum atomic E-state index is 13.0. The van der Waals surface area contributed by atoms with E-state index in [-0.39, 0.29) is 25.5 Å². The Bertz CT molecular complexity index is 603. The van der Waals surface area contributed by atoms with Crippen LogP contribution in [0.1, 0.15) is 11.5 Å². The second kappa shape index (κ2) is 7.88. The van der Waals surface area contributed by atoms with E-state index in [1.54, 1.807) is 12.1 Å². The van der Waals surface area contributed by atoms with Crippen LogP contribution in [0.2, 0.25) is 0 Å². The van der Waals surface area contributed by atoms with E-state index >= 15 is 0 Å². The summed E-state index contributed by atoms with van der Waals surface area (Å²) in [6.07, 6.45) is -0.819. The van der Waals surface area contributed by atoms with Crippen LogP contribution in [0.5, 0.6) is 5.75 Å². The van der Waals surface area contributed by atoms with Gasteiger partial charge in [0.05, 0.1) is 6.54 Å². The first-order valence-corrected chi connectivity index (χ1v) is 6.73. The van der Waals surface area contributed by atoms with E-state index in [2.05, 4.69) is 5.32 Å². The van der Waals surface area contributed by atoms with Gasteiger partial charge in [-0.15, -0.1) is 0 Å². The fourth-order valence-electron chi connectivity index (χ4n) is 1.78. The third kappa shape index (κ3) is 4.80. The predicted molar refractivity (Wildman–Crippen MR) is 74.2 cm³/mol. The second-order valence-corrected chi connectivity index (χ2v) is 4.70. The van der Waals surface area contributed by atoms with Crippen molar-refractivity contribution in [2.24, 2.45) is 0 Å². The van der Waals surface area contributed by atoms with Gasteiger partial charge in [-0.3, -0.25) is 0 Å². The number of hydrogen-bond donors (Lipinski definition) is 3. The first-order chi connectivity index (χ1) is 10.6. The molecule has 2 rings (SSSR count). The lowest BCUT2D eigenvalue weighted by molar-refractivity contribution is 0.105. The smallest absolute Gasteiger partial charge is 0.162 e. The van der Waals surface area contributed by atoms with Gasteiger partial charge in [0.15, 0.2) is 11.6 Å². The second-order valence-electron chi connectivity index (χ2n) is 4.70. The van der Waals surface area contributed by atoms with Crippen LogP contribution in [0.3, 0.4) is 0 Å². The molecule has 1 atom stereocenters. The zero-order chi connectivity index (χ0) is 15.9. The molecule has 1 aromatic carbocycles. The van der Waals surface area contributed by atoms with Crippen molar-refractivity contribution in [2.45, 2.75) is 19.3 Å². The first-order valence-electron chi connectivity index (χ1n) is 6.73. The number of halogens is 2. The van der Waals surface area contributed by atoms with Crippen LogP contribution < -0.4 is 10.1 Å². The zero-order valence-electron chi connectivity index (χ0n) is 11.8. The Morgan fingerprint density at radius 2 is 1.91 bits per heavy atom. The Balaban J connectivity index is 1.69. The van der Waals surface area contributed by atoms with E-state index in [0.29, 0.717) is 18.1 Å². The number of aliphatic hydroxyl groups is 2. The molecule has 7 heteroatoms. The van der Waals surface area contributed by atoms with Crippen LogP contribution >= 0.6 is 0 Å². The van der Waals surface area contributed by atoms with Crippen LogP contribution in [0.25, 0.3) is 0 Å². The third-order valence-electron chi connectivity index (χ3n) is 2.89. The molecule has 0 aliphatic heterocycles. The van der Waals surface area contributed by atoms with Gasteiger partial charge >= 0.3 is 0 Å².